The maximum absolute atomic E-state index is 13.3. The van der Waals surface area contributed by atoms with Crippen LogP contribution in [0.1, 0.15) is 30.7 Å². The van der Waals surface area contributed by atoms with Crippen molar-refractivity contribution < 1.29 is 18.9 Å². The number of quaternary nitrogens is 1. The predicted molar refractivity (Wildman–Crippen MR) is 104 cm³/mol. The zero-order valence-electron chi connectivity index (χ0n) is 15.5. The van der Waals surface area contributed by atoms with Crippen LogP contribution in [0.2, 0.25) is 5.02 Å². The van der Waals surface area contributed by atoms with Crippen LogP contribution in [0.25, 0.3) is 0 Å². The molecule has 28 heavy (non-hydrogen) atoms. The highest BCUT2D eigenvalue weighted by Gasteiger charge is 2.40. The van der Waals surface area contributed by atoms with E-state index in [0.717, 1.165) is 16.2 Å². The van der Waals surface area contributed by atoms with E-state index in [2.05, 4.69) is 10.4 Å². The first-order chi connectivity index (χ1) is 13.5. The van der Waals surface area contributed by atoms with Crippen molar-refractivity contribution in [1.29, 1.82) is 0 Å². The highest BCUT2D eigenvalue weighted by molar-refractivity contribution is 6.30. The Morgan fingerprint density at radius 1 is 1.36 bits per heavy atom. The van der Waals surface area contributed by atoms with Gasteiger partial charge in [-0.25, -0.2) is 5.01 Å². The molecule has 0 spiro atoms. The number of halogens is 1. The van der Waals surface area contributed by atoms with E-state index in [0.29, 0.717) is 36.8 Å². The van der Waals surface area contributed by atoms with Gasteiger partial charge in [0.25, 0.3) is 5.91 Å². The standard InChI is InChI=1S/C20H21ClN4O3/c1-13(24-9-8-22-19(26)12-24)20(27)25-17(18-3-2-10-28-18)11-16(23-25)14-4-6-15(21)7-5-14/h2-7,10,13,17H,8-9,11-12H2,1H3,(H,22,26)/p+1/t13-,17+/m0/s1. The molecular formula is C20H22ClN4O3+. The Bertz CT molecular complexity index is 895. The fourth-order valence-electron chi connectivity index (χ4n) is 3.70. The van der Waals surface area contributed by atoms with E-state index < -0.39 is 0 Å². The van der Waals surface area contributed by atoms with Gasteiger partial charge in [-0.15, -0.1) is 0 Å². The summed E-state index contributed by atoms with van der Waals surface area (Å²) in [6.07, 6.45) is 2.16. The number of rotatable bonds is 4. The Hall–Kier alpha value is -2.64. The Labute approximate surface area is 167 Å². The molecule has 2 amide bonds. The molecule has 146 valence electrons. The van der Waals surface area contributed by atoms with Gasteiger partial charge < -0.3 is 14.6 Å². The molecule has 1 unspecified atom stereocenters. The molecule has 0 saturated carbocycles. The van der Waals surface area contributed by atoms with Gasteiger partial charge in [-0.1, -0.05) is 23.7 Å². The van der Waals surface area contributed by atoms with Gasteiger partial charge in [-0.05, 0) is 36.8 Å². The highest BCUT2D eigenvalue weighted by Crippen LogP contribution is 2.33. The number of carbonyl (C=O) groups excluding carboxylic acids is 2. The van der Waals surface area contributed by atoms with Gasteiger partial charge in [0, 0.05) is 11.4 Å². The number of amides is 2. The summed E-state index contributed by atoms with van der Waals surface area (Å²) in [6, 6.07) is 10.4. The Morgan fingerprint density at radius 3 is 2.82 bits per heavy atom. The molecule has 1 aromatic carbocycles. The van der Waals surface area contributed by atoms with Crippen LogP contribution in [-0.4, -0.2) is 48.2 Å². The molecule has 2 aliphatic rings. The van der Waals surface area contributed by atoms with E-state index in [9.17, 15) is 9.59 Å². The summed E-state index contributed by atoms with van der Waals surface area (Å²) in [6.45, 7) is 3.43. The van der Waals surface area contributed by atoms with Crippen molar-refractivity contribution in [3.8, 4) is 0 Å². The third-order valence-electron chi connectivity index (χ3n) is 5.32. The van der Waals surface area contributed by atoms with E-state index >= 15 is 0 Å². The van der Waals surface area contributed by atoms with Gasteiger partial charge in [-0.3, -0.25) is 9.59 Å². The van der Waals surface area contributed by atoms with E-state index in [1.54, 1.807) is 6.26 Å². The van der Waals surface area contributed by atoms with Gasteiger partial charge in [0.15, 0.2) is 12.6 Å². The highest BCUT2D eigenvalue weighted by atomic mass is 35.5. The second kappa shape index (κ2) is 7.77. The molecule has 7 nitrogen and oxygen atoms in total. The summed E-state index contributed by atoms with van der Waals surface area (Å²) < 4.78 is 5.58. The van der Waals surface area contributed by atoms with Crippen LogP contribution in [0, 0.1) is 0 Å². The molecule has 4 rings (SSSR count). The summed E-state index contributed by atoms with van der Waals surface area (Å²) >= 11 is 5.99. The molecule has 1 fully saturated rings. The number of hydrogen-bond acceptors (Lipinski definition) is 4. The number of benzene rings is 1. The molecule has 1 aromatic heterocycles. The van der Waals surface area contributed by atoms with Gasteiger partial charge >= 0.3 is 5.91 Å². The van der Waals surface area contributed by atoms with Crippen LogP contribution in [0.3, 0.4) is 0 Å². The van der Waals surface area contributed by atoms with Crippen molar-refractivity contribution in [3.63, 3.8) is 0 Å². The second-order valence-electron chi connectivity index (χ2n) is 7.13. The lowest BCUT2D eigenvalue weighted by Gasteiger charge is -2.30. The van der Waals surface area contributed by atoms with Crippen molar-refractivity contribution in [2.24, 2.45) is 5.10 Å². The minimum atomic E-state index is -0.378. The van der Waals surface area contributed by atoms with Crippen LogP contribution in [0.4, 0.5) is 0 Å². The minimum Gasteiger partial charge on any atom is -0.467 e. The number of nitrogens with one attached hydrogen (secondary N) is 2. The third kappa shape index (κ3) is 3.68. The van der Waals surface area contributed by atoms with Gasteiger partial charge in [0.05, 0.1) is 25.1 Å². The lowest BCUT2D eigenvalue weighted by atomic mass is 10.0. The summed E-state index contributed by atoms with van der Waals surface area (Å²) in [5.41, 5.74) is 1.73. The number of hydrogen-bond donors (Lipinski definition) is 2. The van der Waals surface area contributed by atoms with Crippen molar-refractivity contribution in [3.05, 3.63) is 59.0 Å². The summed E-state index contributed by atoms with van der Waals surface area (Å²) in [4.78, 5) is 26.0. The molecule has 2 N–H and O–H groups in total. The zero-order valence-corrected chi connectivity index (χ0v) is 16.3. The van der Waals surface area contributed by atoms with E-state index in [1.807, 2.05) is 43.3 Å². The van der Waals surface area contributed by atoms with Crippen molar-refractivity contribution in [2.75, 3.05) is 19.6 Å². The maximum atomic E-state index is 13.3. The van der Waals surface area contributed by atoms with Crippen LogP contribution in [0.15, 0.2) is 52.2 Å². The molecule has 3 atom stereocenters. The average molecular weight is 402 g/mol. The smallest absolute Gasteiger partial charge is 0.301 e. The first-order valence-electron chi connectivity index (χ1n) is 9.34. The lowest BCUT2D eigenvalue weighted by molar-refractivity contribution is -0.908. The molecule has 0 aliphatic carbocycles. The van der Waals surface area contributed by atoms with Crippen molar-refractivity contribution >= 4 is 29.1 Å². The zero-order chi connectivity index (χ0) is 19.7. The van der Waals surface area contributed by atoms with E-state index in [-0.39, 0.29) is 23.9 Å². The van der Waals surface area contributed by atoms with Gasteiger partial charge in [0.1, 0.15) is 11.8 Å². The molecule has 2 aliphatic heterocycles. The van der Waals surface area contributed by atoms with Crippen LogP contribution < -0.4 is 10.2 Å². The normalized spacial score (nSPS) is 23.3. The number of hydrazone groups is 1. The van der Waals surface area contributed by atoms with Crippen molar-refractivity contribution in [1.82, 2.24) is 10.3 Å². The largest absolute Gasteiger partial charge is 0.467 e. The first-order valence-corrected chi connectivity index (χ1v) is 9.72. The SMILES string of the molecule is C[C@@H](C(=O)N1N=C(c2ccc(Cl)cc2)C[C@@H]1c1ccco1)[NH+]1CCNC(=O)C1. The second-order valence-corrected chi connectivity index (χ2v) is 7.56. The van der Waals surface area contributed by atoms with Crippen molar-refractivity contribution in [2.45, 2.75) is 25.4 Å². The van der Waals surface area contributed by atoms with Crippen LogP contribution in [-0.2, 0) is 9.59 Å². The van der Waals surface area contributed by atoms with E-state index in [4.69, 9.17) is 16.0 Å². The average Bonchev–Trinajstić information content (AvgIpc) is 3.37. The van der Waals surface area contributed by atoms with Gasteiger partial charge in [-0.2, -0.15) is 5.10 Å². The fraction of sp³-hybridized carbons (Fsp3) is 0.350. The number of furan rings is 1. The van der Waals surface area contributed by atoms with Crippen LogP contribution >= 0.6 is 11.6 Å². The summed E-state index contributed by atoms with van der Waals surface area (Å²) in [5, 5.41) is 9.62. The Balaban J connectivity index is 1.61. The fourth-order valence-corrected chi connectivity index (χ4v) is 3.82. The maximum Gasteiger partial charge on any atom is 0.301 e. The molecular weight excluding hydrogens is 380 g/mol. The quantitative estimate of drug-likeness (QED) is 0.802. The predicted octanol–water partition coefficient (Wildman–Crippen LogP) is 1.01. The molecule has 8 heteroatoms. The van der Waals surface area contributed by atoms with Crippen LogP contribution in [0.5, 0.6) is 0 Å². The summed E-state index contributed by atoms with van der Waals surface area (Å²) in [7, 11) is 0. The topological polar surface area (TPSA) is 79.3 Å². The number of carbonyl (C=O) groups is 2. The lowest BCUT2D eigenvalue weighted by Crippen LogP contribution is -3.19. The molecule has 0 radical (unpaired) electrons. The van der Waals surface area contributed by atoms with E-state index in [1.165, 1.54) is 5.01 Å². The minimum absolute atomic E-state index is 0.0322. The Morgan fingerprint density at radius 2 is 2.14 bits per heavy atom. The number of nitrogens with zero attached hydrogens (tertiary/aromatic N) is 2. The third-order valence-corrected chi connectivity index (χ3v) is 5.58. The van der Waals surface area contributed by atoms with Gasteiger partial charge in [0.2, 0.25) is 0 Å². The summed E-state index contributed by atoms with van der Waals surface area (Å²) in [5.74, 6) is 0.546. The monoisotopic (exact) mass is 401 g/mol. The number of piperazine rings is 1. The molecule has 2 aromatic rings. The molecule has 3 heterocycles. The molecule has 0 bridgehead atoms. The molecule has 1 saturated heterocycles. The Kier molecular flexibility index (Phi) is 5.19. The first kappa shape index (κ1) is 18.7.